The highest BCUT2D eigenvalue weighted by atomic mass is 32.2. The molecule has 1 amide bonds. The van der Waals surface area contributed by atoms with Crippen LogP contribution in [0.25, 0.3) is 10.8 Å². The van der Waals surface area contributed by atoms with E-state index in [0.29, 0.717) is 24.5 Å². The molecule has 1 fully saturated rings. The lowest BCUT2D eigenvalue weighted by Crippen LogP contribution is -2.51. The van der Waals surface area contributed by atoms with E-state index < -0.39 is 10.0 Å². The zero-order chi connectivity index (χ0) is 21.1. The number of hydrogen-bond acceptors (Lipinski definition) is 5. The van der Waals surface area contributed by atoms with Crippen LogP contribution < -0.4 is 10.5 Å². The second kappa shape index (κ2) is 8.33. The van der Waals surface area contributed by atoms with Gasteiger partial charge in [0.25, 0.3) is 5.91 Å². The number of hydrogen-bond donors (Lipinski definition) is 1. The highest BCUT2D eigenvalue weighted by Gasteiger charge is 2.30. The number of nitrogens with two attached hydrogens (primary N) is 1. The van der Waals surface area contributed by atoms with E-state index in [2.05, 4.69) is 0 Å². The Kier molecular flexibility index (Phi) is 5.61. The van der Waals surface area contributed by atoms with Gasteiger partial charge < -0.3 is 15.4 Å². The van der Waals surface area contributed by atoms with E-state index in [0.717, 1.165) is 10.8 Å². The van der Waals surface area contributed by atoms with E-state index in [4.69, 9.17) is 10.5 Å². The van der Waals surface area contributed by atoms with Crippen LogP contribution in [0.2, 0.25) is 0 Å². The van der Waals surface area contributed by atoms with Gasteiger partial charge in [-0.15, -0.1) is 0 Å². The number of piperazine rings is 1. The van der Waals surface area contributed by atoms with Crippen LogP contribution in [0.3, 0.4) is 0 Å². The topological polar surface area (TPSA) is 92.9 Å². The largest absolute Gasteiger partial charge is 0.483 e. The molecular formula is C22H23N3O4S. The van der Waals surface area contributed by atoms with Crippen LogP contribution in [0.1, 0.15) is 0 Å². The first-order valence-corrected chi connectivity index (χ1v) is 11.1. The molecule has 0 atom stereocenters. The number of carbonyl (C=O) groups is 1. The summed E-state index contributed by atoms with van der Waals surface area (Å²) in [6, 6.07) is 19.7. The maximum absolute atomic E-state index is 12.8. The van der Waals surface area contributed by atoms with Gasteiger partial charge in [0.05, 0.1) is 4.90 Å². The number of fused-ring (bicyclic) bond motifs is 1. The number of nitrogen functional groups attached to an aromatic ring is 1. The standard InChI is InChI=1S/C22H23N3O4S/c23-18-8-10-19(11-9-18)30(27,28)25-14-12-24(13-15-25)22(26)16-29-21-7-3-5-17-4-1-2-6-20(17)21/h1-11H,12-16,23H2. The fourth-order valence-electron chi connectivity index (χ4n) is 3.52. The van der Waals surface area contributed by atoms with E-state index in [9.17, 15) is 13.2 Å². The maximum Gasteiger partial charge on any atom is 0.260 e. The lowest BCUT2D eigenvalue weighted by molar-refractivity contribution is -0.134. The maximum atomic E-state index is 12.8. The molecule has 7 nitrogen and oxygen atoms in total. The van der Waals surface area contributed by atoms with E-state index in [-0.39, 0.29) is 30.5 Å². The molecule has 0 saturated carbocycles. The third-order valence-electron chi connectivity index (χ3n) is 5.21. The third kappa shape index (κ3) is 4.10. The molecule has 1 saturated heterocycles. The van der Waals surface area contributed by atoms with Crippen molar-refractivity contribution >= 4 is 32.4 Å². The molecule has 2 N–H and O–H groups in total. The van der Waals surface area contributed by atoms with Gasteiger partial charge >= 0.3 is 0 Å². The summed E-state index contributed by atoms with van der Waals surface area (Å²) in [5.41, 5.74) is 6.15. The Morgan fingerprint density at radius 2 is 1.57 bits per heavy atom. The van der Waals surface area contributed by atoms with Crippen LogP contribution in [-0.2, 0) is 14.8 Å². The molecule has 1 heterocycles. The van der Waals surface area contributed by atoms with Gasteiger partial charge in [0.1, 0.15) is 5.75 Å². The number of sulfonamides is 1. The predicted octanol–water partition coefficient (Wildman–Crippen LogP) is 2.33. The molecule has 1 aliphatic heterocycles. The SMILES string of the molecule is Nc1ccc(S(=O)(=O)N2CCN(C(=O)COc3cccc4ccccc34)CC2)cc1. The number of anilines is 1. The molecule has 0 aliphatic carbocycles. The molecule has 30 heavy (non-hydrogen) atoms. The monoisotopic (exact) mass is 425 g/mol. The Morgan fingerprint density at radius 3 is 2.30 bits per heavy atom. The fraction of sp³-hybridized carbons (Fsp3) is 0.227. The van der Waals surface area contributed by atoms with Crippen molar-refractivity contribution in [2.24, 2.45) is 0 Å². The van der Waals surface area contributed by atoms with E-state index in [1.165, 1.54) is 16.4 Å². The van der Waals surface area contributed by atoms with Gasteiger partial charge in [-0.2, -0.15) is 4.31 Å². The Hall–Kier alpha value is -3.10. The summed E-state index contributed by atoms with van der Waals surface area (Å²) in [5.74, 6) is 0.499. The van der Waals surface area contributed by atoms with Gasteiger partial charge in [0, 0.05) is 37.3 Å². The van der Waals surface area contributed by atoms with Crippen molar-refractivity contribution in [3.63, 3.8) is 0 Å². The Labute approximate surface area is 175 Å². The fourth-order valence-corrected chi connectivity index (χ4v) is 4.94. The zero-order valence-corrected chi connectivity index (χ0v) is 17.2. The summed E-state index contributed by atoms with van der Waals surface area (Å²) in [4.78, 5) is 14.4. The minimum absolute atomic E-state index is 0.0846. The first-order valence-electron chi connectivity index (χ1n) is 9.69. The zero-order valence-electron chi connectivity index (χ0n) is 16.4. The van der Waals surface area contributed by atoms with Gasteiger partial charge in [0.15, 0.2) is 6.61 Å². The smallest absolute Gasteiger partial charge is 0.260 e. The molecule has 4 rings (SSSR count). The van der Waals surface area contributed by atoms with Crippen LogP contribution >= 0.6 is 0 Å². The van der Waals surface area contributed by atoms with Crippen molar-refractivity contribution < 1.29 is 17.9 Å². The van der Waals surface area contributed by atoms with Crippen molar-refractivity contribution in [3.05, 3.63) is 66.7 Å². The minimum atomic E-state index is -3.60. The highest BCUT2D eigenvalue weighted by Crippen LogP contribution is 2.25. The molecule has 0 bridgehead atoms. The molecule has 1 aliphatic rings. The molecule has 156 valence electrons. The average Bonchev–Trinajstić information content (AvgIpc) is 2.78. The summed E-state index contributed by atoms with van der Waals surface area (Å²) in [7, 11) is -3.60. The molecule has 0 spiro atoms. The van der Waals surface area contributed by atoms with Crippen LogP contribution in [0.5, 0.6) is 5.75 Å². The van der Waals surface area contributed by atoms with E-state index in [1.54, 1.807) is 17.0 Å². The van der Waals surface area contributed by atoms with Gasteiger partial charge in [-0.05, 0) is 35.7 Å². The Balaban J connectivity index is 1.36. The predicted molar refractivity (Wildman–Crippen MR) is 116 cm³/mol. The Bertz CT molecular complexity index is 1150. The lowest BCUT2D eigenvalue weighted by atomic mass is 10.1. The number of ether oxygens (including phenoxy) is 1. The first kappa shape index (κ1) is 20.2. The molecule has 3 aromatic rings. The highest BCUT2D eigenvalue weighted by molar-refractivity contribution is 7.89. The van der Waals surface area contributed by atoms with Gasteiger partial charge in [-0.1, -0.05) is 36.4 Å². The minimum Gasteiger partial charge on any atom is -0.483 e. The molecule has 8 heteroatoms. The van der Waals surface area contributed by atoms with Crippen molar-refractivity contribution in [1.29, 1.82) is 0 Å². The molecule has 0 unspecified atom stereocenters. The summed E-state index contributed by atoms with van der Waals surface area (Å²) in [5, 5.41) is 2.00. The second-order valence-corrected chi connectivity index (χ2v) is 9.06. The van der Waals surface area contributed by atoms with Crippen LogP contribution in [0.4, 0.5) is 5.69 Å². The molecular weight excluding hydrogens is 402 g/mol. The Morgan fingerprint density at radius 1 is 0.900 bits per heavy atom. The van der Waals surface area contributed by atoms with Gasteiger partial charge in [-0.3, -0.25) is 4.79 Å². The van der Waals surface area contributed by atoms with Crippen LogP contribution in [0.15, 0.2) is 71.6 Å². The van der Waals surface area contributed by atoms with Gasteiger partial charge in [0.2, 0.25) is 10.0 Å². The number of nitrogens with zero attached hydrogens (tertiary/aromatic N) is 2. The number of rotatable bonds is 5. The summed E-state index contributed by atoms with van der Waals surface area (Å²) < 4.78 is 32.7. The van der Waals surface area contributed by atoms with Gasteiger partial charge in [-0.25, -0.2) is 8.42 Å². The third-order valence-corrected chi connectivity index (χ3v) is 7.12. The summed E-state index contributed by atoms with van der Waals surface area (Å²) in [6.45, 7) is 1.05. The number of amides is 1. The lowest BCUT2D eigenvalue weighted by Gasteiger charge is -2.34. The van der Waals surface area contributed by atoms with E-state index >= 15 is 0 Å². The quantitative estimate of drug-likeness (QED) is 0.634. The van der Waals surface area contributed by atoms with Crippen molar-refractivity contribution in [3.8, 4) is 5.75 Å². The number of benzene rings is 3. The number of carbonyl (C=O) groups excluding carboxylic acids is 1. The normalized spacial score (nSPS) is 15.3. The van der Waals surface area contributed by atoms with Crippen LogP contribution in [0, 0.1) is 0 Å². The molecule has 0 aromatic heterocycles. The second-order valence-electron chi connectivity index (χ2n) is 7.12. The summed E-state index contributed by atoms with van der Waals surface area (Å²) >= 11 is 0. The summed E-state index contributed by atoms with van der Waals surface area (Å²) in [6.07, 6.45) is 0. The first-order chi connectivity index (χ1) is 14.4. The van der Waals surface area contributed by atoms with Crippen molar-refractivity contribution in [2.45, 2.75) is 4.90 Å². The van der Waals surface area contributed by atoms with Crippen LogP contribution in [-0.4, -0.2) is 56.3 Å². The van der Waals surface area contributed by atoms with Crippen molar-refractivity contribution in [1.82, 2.24) is 9.21 Å². The molecule has 0 radical (unpaired) electrons. The molecule has 3 aromatic carbocycles. The van der Waals surface area contributed by atoms with Crippen molar-refractivity contribution in [2.75, 3.05) is 38.5 Å². The van der Waals surface area contributed by atoms with E-state index in [1.807, 2.05) is 42.5 Å². The average molecular weight is 426 g/mol.